The Hall–Kier alpha value is -2.33. The molecule has 0 aliphatic carbocycles. The number of ether oxygens (including phenoxy) is 2. The first-order valence-electron chi connectivity index (χ1n) is 7.78. The van der Waals surface area contributed by atoms with Crippen LogP contribution in [-0.4, -0.2) is 25.7 Å². The molecule has 0 saturated heterocycles. The average molecular weight is 313 g/mol. The van der Waals surface area contributed by atoms with Crippen molar-refractivity contribution < 1.29 is 14.3 Å². The van der Waals surface area contributed by atoms with Gasteiger partial charge in [-0.2, -0.15) is 0 Å². The summed E-state index contributed by atoms with van der Waals surface area (Å²) in [5.41, 5.74) is 3.61. The van der Waals surface area contributed by atoms with E-state index >= 15 is 0 Å². The molecular formula is C19H23NO3. The van der Waals surface area contributed by atoms with Crippen LogP contribution in [0.2, 0.25) is 0 Å². The molecule has 23 heavy (non-hydrogen) atoms. The highest BCUT2D eigenvalue weighted by molar-refractivity contribution is 6.04. The summed E-state index contributed by atoms with van der Waals surface area (Å²) in [6.07, 6.45) is 0. The predicted octanol–water partition coefficient (Wildman–Crippen LogP) is 3.97. The lowest BCUT2D eigenvalue weighted by Gasteiger charge is -2.10. The van der Waals surface area contributed by atoms with Crippen LogP contribution in [0.4, 0.5) is 5.69 Å². The van der Waals surface area contributed by atoms with Crippen LogP contribution in [-0.2, 0) is 4.74 Å². The monoisotopic (exact) mass is 313 g/mol. The van der Waals surface area contributed by atoms with E-state index in [1.165, 1.54) is 0 Å². The fourth-order valence-electron chi connectivity index (χ4n) is 2.34. The summed E-state index contributed by atoms with van der Waals surface area (Å²) in [5, 5.41) is 2.92. The molecule has 2 rings (SSSR count). The Morgan fingerprint density at radius 1 is 1.04 bits per heavy atom. The molecule has 0 spiro atoms. The molecule has 0 aromatic heterocycles. The number of carbonyl (C=O) groups is 1. The van der Waals surface area contributed by atoms with Gasteiger partial charge in [-0.1, -0.05) is 12.1 Å². The van der Waals surface area contributed by atoms with Gasteiger partial charge in [-0.25, -0.2) is 0 Å². The van der Waals surface area contributed by atoms with Crippen molar-refractivity contribution in [3.8, 4) is 5.75 Å². The zero-order chi connectivity index (χ0) is 16.7. The van der Waals surface area contributed by atoms with Crippen LogP contribution in [0, 0.1) is 13.8 Å². The summed E-state index contributed by atoms with van der Waals surface area (Å²) in [6, 6.07) is 13.1. The second kappa shape index (κ2) is 8.34. The van der Waals surface area contributed by atoms with Crippen LogP contribution in [0.15, 0.2) is 42.5 Å². The van der Waals surface area contributed by atoms with E-state index in [-0.39, 0.29) is 5.91 Å². The van der Waals surface area contributed by atoms with Gasteiger partial charge in [0, 0.05) is 17.9 Å². The highest BCUT2D eigenvalue weighted by Crippen LogP contribution is 2.17. The number of benzene rings is 2. The van der Waals surface area contributed by atoms with Crippen LogP contribution < -0.4 is 10.1 Å². The number of nitrogens with one attached hydrogen (secondary N) is 1. The third kappa shape index (κ3) is 5.42. The molecule has 4 heteroatoms. The number of hydrogen-bond acceptors (Lipinski definition) is 3. The van der Waals surface area contributed by atoms with Gasteiger partial charge in [0.05, 0.1) is 6.61 Å². The zero-order valence-corrected chi connectivity index (χ0v) is 13.9. The van der Waals surface area contributed by atoms with Crippen molar-refractivity contribution in [2.45, 2.75) is 20.8 Å². The average Bonchev–Trinajstić information content (AvgIpc) is 2.51. The van der Waals surface area contributed by atoms with E-state index in [4.69, 9.17) is 9.47 Å². The second-order valence-electron chi connectivity index (χ2n) is 5.40. The second-order valence-corrected chi connectivity index (χ2v) is 5.40. The van der Waals surface area contributed by atoms with E-state index < -0.39 is 0 Å². The van der Waals surface area contributed by atoms with Crippen LogP contribution in [0.3, 0.4) is 0 Å². The molecule has 0 heterocycles. The van der Waals surface area contributed by atoms with Gasteiger partial charge in [-0.3, -0.25) is 4.79 Å². The lowest BCUT2D eigenvalue weighted by Crippen LogP contribution is -2.12. The van der Waals surface area contributed by atoms with Gasteiger partial charge in [-0.15, -0.1) is 0 Å². The Morgan fingerprint density at radius 3 is 2.48 bits per heavy atom. The highest BCUT2D eigenvalue weighted by Gasteiger charge is 2.08. The minimum Gasteiger partial charge on any atom is -0.491 e. The lowest BCUT2D eigenvalue weighted by molar-refractivity contribution is 0.102. The predicted molar refractivity (Wildman–Crippen MR) is 92.3 cm³/mol. The minimum absolute atomic E-state index is 0.148. The first-order chi connectivity index (χ1) is 11.1. The van der Waals surface area contributed by atoms with Gasteiger partial charge < -0.3 is 14.8 Å². The van der Waals surface area contributed by atoms with Gasteiger partial charge in [-0.05, 0) is 62.2 Å². The van der Waals surface area contributed by atoms with Crippen molar-refractivity contribution in [2.24, 2.45) is 0 Å². The number of carbonyl (C=O) groups excluding carboxylic acids is 1. The highest BCUT2D eigenvalue weighted by atomic mass is 16.5. The van der Waals surface area contributed by atoms with Crippen LogP contribution in [0.1, 0.15) is 28.4 Å². The molecule has 0 aliphatic rings. The maximum absolute atomic E-state index is 12.4. The molecule has 4 nitrogen and oxygen atoms in total. The van der Waals surface area contributed by atoms with Gasteiger partial charge in [0.25, 0.3) is 5.91 Å². The SMILES string of the molecule is CCOCCOc1cccc(C(=O)Nc2cc(C)cc(C)c2)c1. The molecule has 0 aliphatic heterocycles. The molecule has 0 radical (unpaired) electrons. The summed E-state index contributed by atoms with van der Waals surface area (Å²) >= 11 is 0. The van der Waals surface area contributed by atoms with Gasteiger partial charge >= 0.3 is 0 Å². The van der Waals surface area contributed by atoms with Gasteiger partial charge in [0.1, 0.15) is 12.4 Å². The topological polar surface area (TPSA) is 47.6 Å². The van der Waals surface area contributed by atoms with Crippen molar-refractivity contribution in [2.75, 3.05) is 25.1 Å². The largest absolute Gasteiger partial charge is 0.491 e. The van der Waals surface area contributed by atoms with Crippen LogP contribution in [0.25, 0.3) is 0 Å². The van der Waals surface area contributed by atoms with Crippen molar-refractivity contribution in [3.63, 3.8) is 0 Å². The summed E-state index contributed by atoms with van der Waals surface area (Å²) in [4.78, 5) is 12.4. The minimum atomic E-state index is -0.148. The molecular weight excluding hydrogens is 290 g/mol. The first-order valence-corrected chi connectivity index (χ1v) is 7.78. The van der Waals surface area contributed by atoms with Gasteiger partial charge in [0.15, 0.2) is 0 Å². The van der Waals surface area contributed by atoms with Crippen LogP contribution >= 0.6 is 0 Å². The molecule has 1 N–H and O–H groups in total. The molecule has 0 atom stereocenters. The molecule has 122 valence electrons. The van der Waals surface area contributed by atoms with Crippen molar-refractivity contribution >= 4 is 11.6 Å². The summed E-state index contributed by atoms with van der Waals surface area (Å²) in [6.45, 7) is 7.64. The van der Waals surface area contributed by atoms with Gasteiger partial charge in [0.2, 0.25) is 0 Å². The number of amides is 1. The third-order valence-electron chi connectivity index (χ3n) is 3.28. The molecule has 0 unspecified atom stereocenters. The van der Waals surface area contributed by atoms with E-state index in [0.29, 0.717) is 31.1 Å². The number of hydrogen-bond donors (Lipinski definition) is 1. The Labute approximate surface area is 137 Å². The van der Waals surface area contributed by atoms with E-state index in [0.717, 1.165) is 16.8 Å². The third-order valence-corrected chi connectivity index (χ3v) is 3.28. The smallest absolute Gasteiger partial charge is 0.255 e. The molecule has 0 bridgehead atoms. The van der Waals surface area contributed by atoms with E-state index in [2.05, 4.69) is 11.4 Å². The summed E-state index contributed by atoms with van der Waals surface area (Å²) < 4.78 is 10.8. The van der Waals surface area contributed by atoms with E-state index in [9.17, 15) is 4.79 Å². The van der Waals surface area contributed by atoms with Crippen molar-refractivity contribution in [1.82, 2.24) is 0 Å². The molecule has 0 saturated carbocycles. The Bertz CT molecular complexity index is 647. The number of rotatable bonds is 7. The zero-order valence-electron chi connectivity index (χ0n) is 13.9. The van der Waals surface area contributed by atoms with Crippen LogP contribution in [0.5, 0.6) is 5.75 Å². The quantitative estimate of drug-likeness (QED) is 0.787. The summed E-state index contributed by atoms with van der Waals surface area (Å²) in [5.74, 6) is 0.517. The standard InChI is InChI=1S/C19H23NO3/c1-4-22-8-9-23-18-7-5-6-16(13-18)19(21)20-17-11-14(2)10-15(3)12-17/h5-7,10-13H,4,8-9H2,1-3H3,(H,20,21). The van der Waals surface area contributed by atoms with E-state index in [1.54, 1.807) is 12.1 Å². The van der Waals surface area contributed by atoms with Crippen molar-refractivity contribution in [1.29, 1.82) is 0 Å². The Morgan fingerprint density at radius 2 is 1.78 bits per heavy atom. The Kier molecular flexibility index (Phi) is 6.18. The molecule has 2 aromatic rings. The maximum atomic E-state index is 12.4. The normalized spacial score (nSPS) is 10.4. The summed E-state index contributed by atoms with van der Waals surface area (Å²) in [7, 11) is 0. The molecule has 0 fully saturated rings. The molecule has 2 aromatic carbocycles. The molecule has 1 amide bonds. The number of anilines is 1. The maximum Gasteiger partial charge on any atom is 0.255 e. The first kappa shape index (κ1) is 17.0. The fraction of sp³-hybridized carbons (Fsp3) is 0.316. The van der Waals surface area contributed by atoms with Crippen molar-refractivity contribution in [3.05, 3.63) is 59.2 Å². The number of aryl methyl sites for hydroxylation is 2. The fourth-order valence-corrected chi connectivity index (χ4v) is 2.34. The van der Waals surface area contributed by atoms with E-state index in [1.807, 2.05) is 45.0 Å². The Balaban J connectivity index is 2.01. The lowest BCUT2D eigenvalue weighted by atomic mass is 10.1.